The van der Waals surface area contributed by atoms with Gasteiger partial charge >= 0.3 is 0 Å². The predicted molar refractivity (Wildman–Crippen MR) is 81.0 cm³/mol. The van der Waals surface area contributed by atoms with Crippen LogP contribution >= 0.6 is 22.0 Å². The summed E-state index contributed by atoms with van der Waals surface area (Å²) in [5.74, 6) is 0.491. The summed E-state index contributed by atoms with van der Waals surface area (Å²) in [6.45, 7) is 6.35. The fourth-order valence-corrected chi connectivity index (χ4v) is 4.68. The van der Waals surface area contributed by atoms with E-state index in [-0.39, 0.29) is 16.8 Å². The first-order valence-electron chi connectivity index (χ1n) is 6.56. The Kier molecular flexibility index (Phi) is 4.47. The zero-order valence-electron chi connectivity index (χ0n) is 11.7. The van der Waals surface area contributed by atoms with Gasteiger partial charge in [-0.15, -0.1) is 11.3 Å². The Balaban J connectivity index is 2.27. The maximum Gasteiger partial charge on any atom is 0.264 e. The minimum absolute atomic E-state index is 0.0441. The topological polar surface area (TPSA) is 54.5 Å². The van der Waals surface area contributed by atoms with Gasteiger partial charge in [-0.2, -0.15) is 0 Å². The zero-order chi connectivity index (χ0) is 15.1. The van der Waals surface area contributed by atoms with Gasteiger partial charge in [0.15, 0.2) is 0 Å². The number of carbonyl (C=O) groups excluding carboxylic acids is 1. The number of amides is 1. The summed E-state index contributed by atoms with van der Waals surface area (Å²) in [5.41, 5.74) is 0. The summed E-state index contributed by atoms with van der Waals surface area (Å²) in [6.07, 6.45) is 2.34. The molecule has 4 nitrogen and oxygen atoms in total. The van der Waals surface area contributed by atoms with E-state index in [1.54, 1.807) is 6.92 Å². The predicted octanol–water partition coefficient (Wildman–Crippen LogP) is 3.24. The van der Waals surface area contributed by atoms with Crippen molar-refractivity contribution >= 4 is 37.0 Å². The van der Waals surface area contributed by atoms with E-state index in [9.17, 15) is 13.2 Å². The summed E-state index contributed by atoms with van der Waals surface area (Å²) in [6, 6.07) is 1.49. The highest BCUT2D eigenvalue weighted by Gasteiger charge is 2.30. The van der Waals surface area contributed by atoms with Gasteiger partial charge in [-0.05, 0) is 45.6 Å². The van der Waals surface area contributed by atoms with Crippen molar-refractivity contribution in [2.75, 3.05) is 6.54 Å². The lowest BCUT2D eigenvalue weighted by atomic mass is 10.2. The Morgan fingerprint density at radius 1 is 1.50 bits per heavy atom. The molecule has 1 aromatic heterocycles. The molecule has 112 valence electrons. The van der Waals surface area contributed by atoms with Crippen LogP contribution in [0.25, 0.3) is 0 Å². The standard InChI is InChI=1S/C13H18ClNO3S2/c1-8(2)15(7-10-4-5-10)13(16)11-6-12(9(3)19-11)20(14,17)18/h6,8,10H,4-5,7H2,1-3H3. The molecule has 1 aliphatic carbocycles. The lowest BCUT2D eigenvalue weighted by Crippen LogP contribution is -2.38. The second-order valence-corrected chi connectivity index (χ2v) is 9.25. The fourth-order valence-electron chi connectivity index (χ4n) is 2.06. The molecule has 2 rings (SSSR count). The molecule has 1 fully saturated rings. The van der Waals surface area contributed by atoms with E-state index in [1.807, 2.05) is 18.7 Å². The molecule has 0 saturated heterocycles. The molecule has 0 aromatic carbocycles. The third-order valence-electron chi connectivity index (χ3n) is 3.38. The van der Waals surface area contributed by atoms with E-state index < -0.39 is 9.05 Å². The van der Waals surface area contributed by atoms with E-state index in [1.165, 1.54) is 30.2 Å². The Morgan fingerprint density at radius 3 is 2.50 bits per heavy atom. The number of hydrogen-bond donors (Lipinski definition) is 0. The first kappa shape index (κ1) is 15.8. The number of halogens is 1. The Morgan fingerprint density at radius 2 is 2.10 bits per heavy atom. The van der Waals surface area contributed by atoms with E-state index >= 15 is 0 Å². The van der Waals surface area contributed by atoms with Gasteiger partial charge in [0.1, 0.15) is 0 Å². The van der Waals surface area contributed by atoms with Crippen molar-refractivity contribution in [3.8, 4) is 0 Å². The van der Waals surface area contributed by atoms with Gasteiger partial charge in [-0.25, -0.2) is 8.42 Å². The number of aryl methyl sites for hydroxylation is 1. The molecule has 1 aliphatic rings. The largest absolute Gasteiger partial charge is 0.335 e. The average molecular weight is 336 g/mol. The number of carbonyl (C=O) groups is 1. The molecule has 20 heavy (non-hydrogen) atoms. The SMILES string of the molecule is Cc1sc(C(=O)N(CC2CC2)C(C)C)cc1S(=O)(=O)Cl. The second kappa shape index (κ2) is 5.66. The summed E-state index contributed by atoms with van der Waals surface area (Å²) in [7, 11) is 1.58. The van der Waals surface area contributed by atoms with Crippen LogP contribution in [0.3, 0.4) is 0 Å². The van der Waals surface area contributed by atoms with E-state index in [0.717, 1.165) is 6.54 Å². The molecule has 1 aromatic rings. The summed E-state index contributed by atoms with van der Waals surface area (Å²) >= 11 is 1.19. The normalized spacial score (nSPS) is 15.7. The van der Waals surface area contributed by atoms with Crippen molar-refractivity contribution in [1.82, 2.24) is 4.90 Å². The molecule has 0 bridgehead atoms. The summed E-state index contributed by atoms with van der Waals surface area (Å²) in [4.78, 5) is 15.4. The number of rotatable bonds is 5. The quantitative estimate of drug-likeness (QED) is 0.776. The molecule has 0 unspecified atom stereocenters. The number of thiophene rings is 1. The molecular weight excluding hydrogens is 318 g/mol. The average Bonchev–Trinajstić information content (AvgIpc) is 3.04. The van der Waals surface area contributed by atoms with Gasteiger partial charge in [-0.3, -0.25) is 4.79 Å². The van der Waals surface area contributed by atoms with E-state index in [2.05, 4.69) is 0 Å². The first-order chi connectivity index (χ1) is 9.20. The number of nitrogens with zero attached hydrogens (tertiary/aromatic N) is 1. The van der Waals surface area contributed by atoms with Gasteiger partial charge in [0.2, 0.25) is 0 Å². The molecule has 0 radical (unpaired) electrons. The molecule has 0 aliphatic heterocycles. The number of hydrogen-bond acceptors (Lipinski definition) is 4. The Hall–Kier alpha value is -0.590. The highest BCUT2D eigenvalue weighted by Crippen LogP contribution is 2.33. The van der Waals surface area contributed by atoms with Crippen LogP contribution in [-0.2, 0) is 9.05 Å². The maximum absolute atomic E-state index is 12.5. The second-order valence-electron chi connectivity index (χ2n) is 5.46. The molecule has 0 spiro atoms. The molecule has 0 N–H and O–H groups in total. The maximum atomic E-state index is 12.5. The monoisotopic (exact) mass is 335 g/mol. The van der Waals surface area contributed by atoms with Crippen molar-refractivity contribution in [2.24, 2.45) is 5.92 Å². The van der Waals surface area contributed by atoms with Gasteiger partial charge < -0.3 is 4.90 Å². The molecule has 7 heteroatoms. The Labute approximate surface area is 128 Å². The molecule has 1 saturated carbocycles. The van der Waals surface area contributed by atoms with Crippen molar-refractivity contribution < 1.29 is 13.2 Å². The summed E-state index contributed by atoms with van der Waals surface area (Å²) < 4.78 is 22.9. The lowest BCUT2D eigenvalue weighted by Gasteiger charge is -2.26. The van der Waals surface area contributed by atoms with Crippen LogP contribution in [-0.4, -0.2) is 31.8 Å². The van der Waals surface area contributed by atoms with Crippen LogP contribution in [0, 0.1) is 12.8 Å². The van der Waals surface area contributed by atoms with Gasteiger partial charge in [0, 0.05) is 28.1 Å². The minimum atomic E-state index is -3.79. The van der Waals surface area contributed by atoms with Crippen LogP contribution in [0.2, 0.25) is 0 Å². The first-order valence-corrected chi connectivity index (χ1v) is 9.68. The third-order valence-corrected chi connectivity index (χ3v) is 6.00. The molecule has 1 heterocycles. The van der Waals surface area contributed by atoms with Crippen LogP contribution in [0.4, 0.5) is 0 Å². The van der Waals surface area contributed by atoms with E-state index in [4.69, 9.17) is 10.7 Å². The smallest absolute Gasteiger partial charge is 0.264 e. The van der Waals surface area contributed by atoms with Crippen molar-refractivity contribution in [1.29, 1.82) is 0 Å². The third kappa shape index (κ3) is 3.54. The van der Waals surface area contributed by atoms with Crippen LogP contribution in [0.5, 0.6) is 0 Å². The van der Waals surface area contributed by atoms with Gasteiger partial charge in [0.25, 0.3) is 15.0 Å². The van der Waals surface area contributed by atoms with Crippen molar-refractivity contribution in [3.63, 3.8) is 0 Å². The van der Waals surface area contributed by atoms with Crippen LogP contribution < -0.4 is 0 Å². The fraction of sp³-hybridized carbons (Fsp3) is 0.615. The van der Waals surface area contributed by atoms with Gasteiger partial charge in [-0.1, -0.05) is 0 Å². The molecule has 1 amide bonds. The van der Waals surface area contributed by atoms with Crippen molar-refractivity contribution in [3.05, 3.63) is 15.8 Å². The zero-order valence-corrected chi connectivity index (χ0v) is 14.1. The van der Waals surface area contributed by atoms with Crippen LogP contribution in [0.15, 0.2) is 11.0 Å². The van der Waals surface area contributed by atoms with E-state index in [0.29, 0.717) is 15.7 Å². The highest BCUT2D eigenvalue weighted by atomic mass is 35.7. The van der Waals surface area contributed by atoms with Crippen LogP contribution in [0.1, 0.15) is 41.2 Å². The van der Waals surface area contributed by atoms with Crippen molar-refractivity contribution in [2.45, 2.75) is 44.6 Å². The molecule has 0 atom stereocenters. The highest BCUT2D eigenvalue weighted by molar-refractivity contribution is 8.13. The summed E-state index contributed by atoms with van der Waals surface area (Å²) in [5, 5.41) is 0. The molecular formula is C13H18ClNO3S2. The van der Waals surface area contributed by atoms with Gasteiger partial charge in [0.05, 0.1) is 9.77 Å². The minimum Gasteiger partial charge on any atom is -0.335 e. The lowest BCUT2D eigenvalue weighted by molar-refractivity contribution is 0.0701. The Bertz CT molecular complexity index is 618.